The highest BCUT2D eigenvalue weighted by atomic mass is 16.1. The summed E-state index contributed by atoms with van der Waals surface area (Å²) in [6.45, 7) is 4.05. The van der Waals surface area contributed by atoms with E-state index in [-0.39, 0.29) is 11.2 Å². The molecule has 1 aliphatic rings. The lowest BCUT2D eigenvalue weighted by Crippen LogP contribution is -2.25. The minimum atomic E-state index is -0.199. The van der Waals surface area contributed by atoms with Crippen molar-refractivity contribution in [3.8, 4) is 0 Å². The van der Waals surface area contributed by atoms with E-state index < -0.39 is 0 Å². The number of rotatable bonds is 1. The number of benzene rings is 1. The van der Waals surface area contributed by atoms with Crippen LogP contribution in [0.3, 0.4) is 0 Å². The SMILES string of the molecule is CC1(C)CCC(c2c[nH]c3ccccc23)=CC1=O. The van der Waals surface area contributed by atoms with Crippen molar-refractivity contribution >= 4 is 22.3 Å². The molecule has 92 valence electrons. The summed E-state index contributed by atoms with van der Waals surface area (Å²) in [4.78, 5) is 15.3. The number of H-pyrrole nitrogens is 1. The van der Waals surface area contributed by atoms with E-state index in [1.54, 1.807) is 0 Å². The van der Waals surface area contributed by atoms with Gasteiger partial charge in [0.25, 0.3) is 0 Å². The molecule has 0 atom stereocenters. The largest absolute Gasteiger partial charge is 0.361 e. The van der Waals surface area contributed by atoms with Crippen LogP contribution in [-0.2, 0) is 4.79 Å². The Hall–Kier alpha value is -1.83. The first-order valence-corrected chi connectivity index (χ1v) is 6.39. The molecule has 1 aromatic carbocycles. The first-order valence-electron chi connectivity index (χ1n) is 6.39. The Kier molecular flexibility index (Phi) is 2.40. The second-order valence-electron chi connectivity index (χ2n) is 5.67. The number of hydrogen-bond donors (Lipinski definition) is 1. The lowest BCUT2D eigenvalue weighted by atomic mass is 9.76. The van der Waals surface area contributed by atoms with Gasteiger partial charge >= 0.3 is 0 Å². The predicted octanol–water partition coefficient (Wildman–Crippen LogP) is 3.94. The Labute approximate surface area is 107 Å². The highest BCUT2D eigenvalue weighted by Crippen LogP contribution is 2.37. The van der Waals surface area contributed by atoms with Crippen LogP contribution < -0.4 is 0 Å². The number of carbonyl (C=O) groups excluding carboxylic acids is 1. The highest BCUT2D eigenvalue weighted by molar-refractivity contribution is 6.05. The molecule has 0 fully saturated rings. The Morgan fingerprint density at radius 1 is 1.22 bits per heavy atom. The second kappa shape index (κ2) is 3.84. The third kappa shape index (κ3) is 1.69. The molecule has 3 rings (SSSR count). The van der Waals surface area contributed by atoms with Gasteiger partial charge in [-0.1, -0.05) is 32.0 Å². The first-order chi connectivity index (χ1) is 8.58. The van der Waals surface area contributed by atoms with Gasteiger partial charge in [-0.05, 0) is 30.6 Å². The molecule has 1 heterocycles. The van der Waals surface area contributed by atoms with Gasteiger partial charge in [0.2, 0.25) is 0 Å². The molecule has 0 saturated carbocycles. The van der Waals surface area contributed by atoms with Crippen LogP contribution in [0.15, 0.2) is 36.5 Å². The van der Waals surface area contributed by atoms with Crippen LogP contribution in [0.2, 0.25) is 0 Å². The number of aromatic nitrogens is 1. The van der Waals surface area contributed by atoms with Gasteiger partial charge in [0.1, 0.15) is 0 Å². The number of allylic oxidation sites excluding steroid dienone is 2. The first kappa shape index (κ1) is 11.3. The number of hydrogen-bond acceptors (Lipinski definition) is 1. The molecule has 2 heteroatoms. The smallest absolute Gasteiger partial charge is 0.161 e. The summed E-state index contributed by atoms with van der Waals surface area (Å²) < 4.78 is 0. The third-order valence-corrected chi connectivity index (χ3v) is 3.93. The van der Waals surface area contributed by atoms with Crippen molar-refractivity contribution in [3.63, 3.8) is 0 Å². The predicted molar refractivity (Wildman–Crippen MR) is 74.3 cm³/mol. The Bertz CT molecular complexity index is 646. The van der Waals surface area contributed by atoms with Crippen LogP contribution in [0.4, 0.5) is 0 Å². The van der Waals surface area contributed by atoms with E-state index in [0.717, 1.165) is 23.9 Å². The maximum atomic E-state index is 12.1. The molecule has 1 aromatic heterocycles. The number of fused-ring (bicyclic) bond motifs is 1. The fraction of sp³-hybridized carbons (Fsp3) is 0.312. The van der Waals surface area contributed by atoms with E-state index in [1.807, 2.05) is 38.3 Å². The van der Waals surface area contributed by atoms with Crippen molar-refractivity contribution in [2.75, 3.05) is 0 Å². The summed E-state index contributed by atoms with van der Waals surface area (Å²) in [6, 6.07) is 8.22. The summed E-state index contributed by atoms with van der Waals surface area (Å²) in [7, 11) is 0. The van der Waals surface area contributed by atoms with Gasteiger partial charge in [-0.25, -0.2) is 0 Å². The molecule has 0 amide bonds. The van der Waals surface area contributed by atoms with Gasteiger partial charge < -0.3 is 4.98 Å². The van der Waals surface area contributed by atoms with E-state index in [0.29, 0.717) is 0 Å². The van der Waals surface area contributed by atoms with Crippen molar-refractivity contribution in [1.29, 1.82) is 0 Å². The summed E-state index contributed by atoms with van der Waals surface area (Å²) in [5, 5.41) is 1.20. The zero-order chi connectivity index (χ0) is 12.8. The van der Waals surface area contributed by atoms with Crippen molar-refractivity contribution in [1.82, 2.24) is 4.98 Å². The van der Waals surface area contributed by atoms with Gasteiger partial charge in [-0.2, -0.15) is 0 Å². The average molecular weight is 239 g/mol. The normalized spacial score (nSPS) is 19.0. The van der Waals surface area contributed by atoms with E-state index >= 15 is 0 Å². The van der Waals surface area contributed by atoms with Gasteiger partial charge in [0, 0.05) is 28.1 Å². The van der Waals surface area contributed by atoms with Crippen LogP contribution in [0.25, 0.3) is 16.5 Å². The molecule has 0 radical (unpaired) electrons. The van der Waals surface area contributed by atoms with Crippen LogP contribution in [-0.4, -0.2) is 10.8 Å². The maximum Gasteiger partial charge on any atom is 0.161 e. The Morgan fingerprint density at radius 2 is 2.00 bits per heavy atom. The lowest BCUT2D eigenvalue weighted by Gasteiger charge is -2.26. The number of ketones is 1. The van der Waals surface area contributed by atoms with Gasteiger partial charge in [-0.3, -0.25) is 4.79 Å². The fourth-order valence-corrected chi connectivity index (χ4v) is 2.55. The number of nitrogens with one attached hydrogen (secondary N) is 1. The van der Waals surface area contributed by atoms with Crippen molar-refractivity contribution < 1.29 is 4.79 Å². The lowest BCUT2D eigenvalue weighted by molar-refractivity contribution is -0.122. The maximum absolute atomic E-state index is 12.1. The quantitative estimate of drug-likeness (QED) is 0.803. The highest BCUT2D eigenvalue weighted by Gasteiger charge is 2.30. The van der Waals surface area contributed by atoms with Crippen LogP contribution in [0, 0.1) is 5.41 Å². The van der Waals surface area contributed by atoms with Crippen molar-refractivity contribution in [2.45, 2.75) is 26.7 Å². The topological polar surface area (TPSA) is 32.9 Å². The Morgan fingerprint density at radius 3 is 2.78 bits per heavy atom. The molecule has 18 heavy (non-hydrogen) atoms. The Balaban J connectivity index is 2.09. The monoisotopic (exact) mass is 239 g/mol. The molecular formula is C16H17NO. The summed E-state index contributed by atoms with van der Waals surface area (Å²) >= 11 is 0. The molecular weight excluding hydrogens is 222 g/mol. The molecule has 2 nitrogen and oxygen atoms in total. The molecule has 1 N–H and O–H groups in total. The van der Waals surface area contributed by atoms with Crippen molar-refractivity contribution in [2.24, 2.45) is 5.41 Å². The molecule has 0 unspecified atom stereocenters. The minimum absolute atomic E-state index is 0.199. The second-order valence-corrected chi connectivity index (χ2v) is 5.67. The van der Waals surface area contributed by atoms with Gasteiger partial charge in [0.05, 0.1) is 0 Å². The van der Waals surface area contributed by atoms with E-state index in [1.165, 1.54) is 10.9 Å². The molecule has 0 bridgehead atoms. The third-order valence-electron chi connectivity index (χ3n) is 3.93. The van der Waals surface area contributed by atoms with Crippen LogP contribution in [0.5, 0.6) is 0 Å². The minimum Gasteiger partial charge on any atom is -0.361 e. The zero-order valence-corrected chi connectivity index (χ0v) is 10.8. The van der Waals surface area contributed by atoms with E-state index in [2.05, 4.69) is 17.1 Å². The van der Waals surface area contributed by atoms with Crippen LogP contribution in [0.1, 0.15) is 32.3 Å². The molecule has 0 aliphatic heterocycles. The molecule has 1 aliphatic carbocycles. The average Bonchev–Trinajstić information content (AvgIpc) is 2.77. The van der Waals surface area contributed by atoms with E-state index in [4.69, 9.17) is 0 Å². The van der Waals surface area contributed by atoms with Crippen molar-refractivity contribution in [3.05, 3.63) is 42.1 Å². The molecule has 0 saturated heterocycles. The number of aromatic amines is 1. The number of carbonyl (C=O) groups is 1. The molecule has 0 spiro atoms. The van der Waals surface area contributed by atoms with Gasteiger partial charge in [-0.15, -0.1) is 0 Å². The standard InChI is InChI=1S/C16H17NO/c1-16(2)8-7-11(9-15(16)18)13-10-17-14-6-4-3-5-12(13)14/h3-6,9-10,17H,7-8H2,1-2H3. The summed E-state index contributed by atoms with van der Waals surface area (Å²) in [6.07, 6.45) is 5.75. The summed E-state index contributed by atoms with van der Waals surface area (Å²) in [5.41, 5.74) is 3.27. The number of para-hydroxylation sites is 1. The fourth-order valence-electron chi connectivity index (χ4n) is 2.55. The summed E-state index contributed by atoms with van der Waals surface area (Å²) in [5.74, 6) is 0.244. The molecule has 2 aromatic rings. The van der Waals surface area contributed by atoms with Gasteiger partial charge in [0.15, 0.2) is 5.78 Å². The zero-order valence-electron chi connectivity index (χ0n) is 10.8. The van der Waals surface area contributed by atoms with E-state index in [9.17, 15) is 4.79 Å². The van der Waals surface area contributed by atoms with Crippen LogP contribution >= 0.6 is 0 Å².